The zero-order valence-electron chi connectivity index (χ0n) is 17.1. The highest BCUT2D eigenvalue weighted by Gasteiger charge is 2.24. The predicted octanol–water partition coefficient (Wildman–Crippen LogP) is 3.96. The molecule has 0 spiro atoms. The van der Waals surface area contributed by atoms with Gasteiger partial charge in [-0.15, -0.1) is 11.3 Å². The fourth-order valence-corrected chi connectivity index (χ4v) is 4.57. The van der Waals surface area contributed by atoms with E-state index in [-0.39, 0.29) is 17.9 Å². The summed E-state index contributed by atoms with van der Waals surface area (Å²) in [4.78, 5) is 17.5. The molecule has 2 aromatic carbocycles. The number of hydrogen-bond donors (Lipinski definition) is 3. The molecule has 6 heteroatoms. The highest BCUT2D eigenvalue weighted by molar-refractivity contribution is 7.10. The number of nitrogens with one attached hydrogen (secondary N) is 2. The number of aromatic amines is 1. The summed E-state index contributed by atoms with van der Waals surface area (Å²) in [6, 6.07) is 19.8. The molecule has 2 atom stereocenters. The number of ether oxygens (including phenoxy) is 1. The van der Waals surface area contributed by atoms with Crippen LogP contribution in [0.15, 0.2) is 72.2 Å². The van der Waals surface area contributed by atoms with E-state index in [0.29, 0.717) is 11.4 Å². The first kappa shape index (κ1) is 20.2. The standard InChI is InChI=1S/C24H25N3O2S/c1-16(24(28)27-21-10-5-6-11-22(21)29-2)25-15-19(23-12-7-13-30-23)18-14-26-20-9-4-3-8-17(18)20/h3-14,16,19,25-26H,15H2,1-2H3,(H,27,28)/p+1/t16-,19+/m1/s1. The summed E-state index contributed by atoms with van der Waals surface area (Å²) in [6.45, 7) is 2.72. The van der Waals surface area contributed by atoms with Gasteiger partial charge in [0.05, 0.1) is 25.3 Å². The molecule has 0 saturated carbocycles. The number of fused-ring (bicyclic) bond motifs is 1. The van der Waals surface area contributed by atoms with E-state index < -0.39 is 0 Å². The molecule has 4 aromatic rings. The number of quaternary nitrogens is 1. The average Bonchev–Trinajstić information content (AvgIpc) is 3.45. The molecule has 0 aliphatic heterocycles. The molecule has 2 aromatic heterocycles. The number of hydrogen-bond acceptors (Lipinski definition) is 3. The van der Waals surface area contributed by atoms with Crippen LogP contribution in [0, 0.1) is 0 Å². The lowest BCUT2D eigenvalue weighted by atomic mass is 9.96. The van der Waals surface area contributed by atoms with Gasteiger partial charge in [-0.1, -0.05) is 36.4 Å². The second-order valence-corrected chi connectivity index (χ2v) is 8.29. The molecule has 30 heavy (non-hydrogen) atoms. The zero-order valence-corrected chi connectivity index (χ0v) is 17.9. The summed E-state index contributed by atoms with van der Waals surface area (Å²) in [5.74, 6) is 0.833. The average molecular weight is 421 g/mol. The predicted molar refractivity (Wildman–Crippen MR) is 122 cm³/mol. The van der Waals surface area contributed by atoms with Crippen molar-refractivity contribution in [3.05, 3.63) is 82.7 Å². The largest absolute Gasteiger partial charge is 0.495 e. The van der Waals surface area contributed by atoms with Gasteiger partial charge in [0.25, 0.3) is 5.91 Å². The van der Waals surface area contributed by atoms with Crippen molar-refractivity contribution in [2.45, 2.75) is 18.9 Å². The van der Waals surface area contributed by atoms with Crippen molar-refractivity contribution in [3.8, 4) is 5.75 Å². The summed E-state index contributed by atoms with van der Waals surface area (Å²) in [6.07, 6.45) is 2.10. The first-order valence-corrected chi connectivity index (χ1v) is 10.9. The van der Waals surface area contributed by atoms with Gasteiger partial charge in [0.15, 0.2) is 6.04 Å². The highest BCUT2D eigenvalue weighted by atomic mass is 32.1. The molecule has 0 aliphatic carbocycles. The molecule has 0 aliphatic rings. The van der Waals surface area contributed by atoms with Crippen molar-refractivity contribution in [1.82, 2.24) is 4.98 Å². The van der Waals surface area contributed by atoms with E-state index in [9.17, 15) is 4.79 Å². The number of para-hydroxylation sites is 3. The lowest BCUT2D eigenvalue weighted by Crippen LogP contribution is -2.92. The molecular weight excluding hydrogens is 394 g/mol. The van der Waals surface area contributed by atoms with Crippen molar-refractivity contribution in [2.24, 2.45) is 0 Å². The Bertz CT molecular complexity index is 1120. The minimum absolute atomic E-state index is 0.0386. The monoisotopic (exact) mass is 420 g/mol. The molecule has 0 saturated heterocycles. The van der Waals surface area contributed by atoms with Gasteiger partial charge in [0, 0.05) is 22.0 Å². The Morgan fingerprint density at radius 1 is 1.13 bits per heavy atom. The highest BCUT2D eigenvalue weighted by Crippen LogP contribution is 2.32. The topological polar surface area (TPSA) is 70.7 Å². The van der Waals surface area contributed by atoms with Crippen LogP contribution in [0.1, 0.15) is 23.3 Å². The number of amides is 1. The van der Waals surface area contributed by atoms with E-state index in [1.807, 2.05) is 37.3 Å². The quantitative estimate of drug-likeness (QED) is 0.404. The summed E-state index contributed by atoms with van der Waals surface area (Å²) < 4.78 is 5.34. The van der Waals surface area contributed by atoms with Gasteiger partial charge in [-0.2, -0.15) is 0 Å². The van der Waals surface area contributed by atoms with E-state index in [2.05, 4.69) is 57.5 Å². The van der Waals surface area contributed by atoms with Crippen LogP contribution in [0.3, 0.4) is 0 Å². The van der Waals surface area contributed by atoms with Gasteiger partial charge in [-0.25, -0.2) is 0 Å². The Morgan fingerprint density at radius 3 is 2.73 bits per heavy atom. The smallest absolute Gasteiger partial charge is 0.282 e. The maximum absolute atomic E-state index is 12.8. The third kappa shape index (κ3) is 4.25. The fourth-order valence-electron chi connectivity index (χ4n) is 3.71. The van der Waals surface area contributed by atoms with Crippen LogP contribution in [0.5, 0.6) is 5.75 Å². The van der Waals surface area contributed by atoms with Crippen molar-refractivity contribution in [1.29, 1.82) is 0 Å². The number of anilines is 1. The first-order chi connectivity index (χ1) is 14.7. The van der Waals surface area contributed by atoms with E-state index in [4.69, 9.17) is 4.74 Å². The van der Waals surface area contributed by atoms with Gasteiger partial charge in [0.1, 0.15) is 5.75 Å². The van der Waals surface area contributed by atoms with E-state index in [1.54, 1.807) is 18.4 Å². The lowest BCUT2D eigenvalue weighted by Gasteiger charge is -2.18. The molecule has 0 radical (unpaired) electrons. The maximum Gasteiger partial charge on any atom is 0.282 e. The van der Waals surface area contributed by atoms with Crippen LogP contribution in [-0.2, 0) is 4.79 Å². The van der Waals surface area contributed by atoms with Gasteiger partial charge in [-0.3, -0.25) is 4.79 Å². The Kier molecular flexibility index (Phi) is 6.16. The number of thiophene rings is 1. The van der Waals surface area contributed by atoms with Crippen molar-refractivity contribution in [2.75, 3.05) is 19.0 Å². The van der Waals surface area contributed by atoms with Gasteiger partial charge in [-0.05, 0) is 42.1 Å². The fraction of sp³-hybridized carbons (Fsp3) is 0.208. The van der Waals surface area contributed by atoms with Crippen molar-refractivity contribution >= 4 is 33.8 Å². The molecule has 1 amide bonds. The van der Waals surface area contributed by atoms with E-state index in [0.717, 1.165) is 12.1 Å². The second kappa shape index (κ2) is 9.15. The van der Waals surface area contributed by atoms with Crippen LogP contribution in [0.4, 0.5) is 5.69 Å². The molecule has 0 fully saturated rings. The minimum Gasteiger partial charge on any atom is -0.495 e. The first-order valence-electron chi connectivity index (χ1n) is 10.0. The molecule has 2 heterocycles. The number of benzene rings is 2. The molecule has 5 nitrogen and oxygen atoms in total. The van der Waals surface area contributed by atoms with E-state index in [1.165, 1.54) is 15.8 Å². The van der Waals surface area contributed by atoms with Gasteiger partial charge in [0.2, 0.25) is 0 Å². The SMILES string of the molecule is COc1ccccc1NC(=O)[C@@H](C)[NH2+]C[C@H](c1cccs1)c1c[nH]c2ccccc12. The second-order valence-electron chi connectivity index (χ2n) is 7.31. The third-order valence-electron chi connectivity index (χ3n) is 5.39. The van der Waals surface area contributed by atoms with Crippen molar-refractivity contribution in [3.63, 3.8) is 0 Å². The summed E-state index contributed by atoms with van der Waals surface area (Å²) in [5, 5.41) is 8.43. The molecule has 154 valence electrons. The number of methoxy groups -OCH3 is 1. The molecule has 0 unspecified atom stereocenters. The van der Waals surface area contributed by atoms with Crippen molar-refractivity contribution < 1.29 is 14.8 Å². The zero-order chi connectivity index (χ0) is 20.9. The number of carbonyl (C=O) groups is 1. The number of rotatable bonds is 8. The van der Waals surface area contributed by atoms with Crippen LogP contribution in [0.2, 0.25) is 0 Å². The Balaban J connectivity index is 1.49. The summed E-state index contributed by atoms with van der Waals surface area (Å²) in [5.41, 5.74) is 3.09. The normalized spacial score (nSPS) is 13.1. The molecule has 4 rings (SSSR count). The number of H-pyrrole nitrogens is 1. The van der Waals surface area contributed by atoms with Crippen LogP contribution < -0.4 is 15.4 Å². The van der Waals surface area contributed by atoms with Crippen LogP contribution in [-0.4, -0.2) is 30.6 Å². The maximum atomic E-state index is 12.8. The third-order valence-corrected chi connectivity index (χ3v) is 6.37. The van der Waals surface area contributed by atoms with Gasteiger partial charge >= 0.3 is 0 Å². The molecule has 0 bridgehead atoms. The van der Waals surface area contributed by atoms with Gasteiger partial charge < -0.3 is 20.4 Å². The van der Waals surface area contributed by atoms with E-state index >= 15 is 0 Å². The molecule has 4 N–H and O–H groups in total. The number of nitrogens with two attached hydrogens (primary N) is 1. The molecular formula is C24H26N3O2S+. The minimum atomic E-state index is -0.234. The Morgan fingerprint density at radius 2 is 1.93 bits per heavy atom. The summed E-state index contributed by atoms with van der Waals surface area (Å²) in [7, 11) is 1.60. The lowest BCUT2D eigenvalue weighted by molar-refractivity contribution is -0.674. The number of carbonyl (C=O) groups excluding carboxylic acids is 1. The number of aromatic nitrogens is 1. The van der Waals surface area contributed by atoms with Crippen LogP contribution >= 0.6 is 11.3 Å². The Hall–Kier alpha value is -3.09. The van der Waals surface area contributed by atoms with Crippen LogP contribution in [0.25, 0.3) is 10.9 Å². The summed E-state index contributed by atoms with van der Waals surface area (Å²) >= 11 is 1.75. The Labute approximate surface area is 180 Å².